The molecule has 0 aromatic heterocycles. The monoisotopic (exact) mass is 468 g/mol. The van der Waals surface area contributed by atoms with Gasteiger partial charge >= 0.3 is 6.61 Å². The second-order valence-electron chi connectivity index (χ2n) is 6.62. The van der Waals surface area contributed by atoms with Gasteiger partial charge in [0.2, 0.25) is 15.9 Å². The number of sulfonamides is 1. The number of halogens is 2. The second kappa shape index (κ2) is 12.2. The van der Waals surface area contributed by atoms with Gasteiger partial charge in [0.15, 0.2) is 11.5 Å². The van der Waals surface area contributed by atoms with Crippen molar-refractivity contribution < 1.29 is 31.5 Å². The number of alkyl halides is 2. The van der Waals surface area contributed by atoms with Gasteiger partial charge in [-0.1, -0.05) is 25.5 Å². The molecular formula is C22H26F2N2O5S. The Bertz CT molecular complexity index is 1040. The molecule has 0 aliphatic heterocycles. The van der Waals surface area contributed by atoms with Crippen molar-refractivity contribution in [2.45, 2.75) is 38.2 Å². The molecule has 0 saturated heterocycles. The van der Waals surface area contributed by atoms with Gasteiger partial charge in [-0.2, -0.15) is 8.78 Å². The van der Waals surface area contributed by atoms with Crippen LogP contribution in [0.5, 0.6) is 11.5 Å². The Hall–Kier alpha value is -2.98. The van der Waals surface area contributed by atoms with Crippen LogP contribution in [0.1, 0.15) is 32.3 Å². The van der Waals surface area contributed by atoms with Gasteiger partial charge in [-0.05, 0) is 55.3 Å². The first-order valence-electron chi connectivity index (χ1n) is 10.1. The Balaban J connectivity index is 2.08. The molecule has 1 amide bonds. The predicted octanol–water partition coefficient (Wildman–Crippen LogP) is 4.42. The van der Waals surface area contributed by atoms with Crippen LogP contribution in [-0.4, -0.2) is 34.1 Å². The molecule has 7 nitrogen and oxygen atoms in total. The van der Waals surface area contributed by atoms with Gasteiger partial charge in [0.25, 0.3) is 0 Å². The van der Waals surface area contributed by atoms with E-state index in [4.69, 9.17) is 4.74 Å². The standard InChI is InChI=1S/C22H26F2N2O5S/c1-3-5-13-25-32(28,29)18-8-6-7-17(15-18)26-21(27)12-10-16-9-11-19(31-22(23)24)20(14-16)30-4-2/h6-12,14-15,22,25H,3-5,13H2,1-2H3,(H,26,27)/b12-10+. The predicted molar refractivity (Wildman–Crippen MR) is 118 cm³/mol. The molecule has 0 radical (unpaired) electrons. The van der Waals surface area contributed by atoms with Crippen molar-refractivity contribution in [3.63, 3.8) is 0 Å². The summed E-state index contributed by atoms with van der Waals surface area (Å²) >= 11 is 0. The normalized spacial score (nSPS) is 11.7. The lowest BCUT2D eigenvalue weighted by Gasteiger charge is -2.11. The van der Waals surface area contributed by atoms with Gasteiger partial charge in [-0.25, -0.2) is 13.1 Å². The summed E-state index contributed by atoms with van der Waals surface area (Å²) in [6.07, 6.45) is 4.29. The third kappa shape index (κ3) is 7.93. The summed E-state index contributed by atoms with van der Waals surface area (Å²) in [5.74, 6) is -0.470. The number of carbonyl (C=O) groups excluding carboxylic acids is 1. The lowest BCUT2D eigenvalue weighted by molar-refractivity contribution is -0.111. The van der Waals surface area contributed by atoms with Crippen molar-refractivity contribution in [3.8, 4) is 11.5 Å². The number of nitrogens with one attached hydrogen (secondary N) is 2. The number of rotatable bonds is 12. The highest BCUT2D eigenvalue weighted by Gasteiger charge is 2.14. The van der Waals surface area contributed by atoms with Crippen molar-refractivity contribution >= 4 is 27.7 Å². The van der Waals surface area contributed by atoms with E-state index in [2.05, 4.69) is 14.8 Å². The average molecular weight is 469 g/mol. The first-order valence-corrected chi connectivity index (χ1v) is 11.5. The van der Waals surface area contributed by atoms with Crippen molar-refractivity contribution in [2.75, 3.05) is 18.5 Å². The quantitative estimate of drug-likeness (QED) is 0.355. The van der Waals surface area contributed by atoms with Crippen molar-refractivity contribution in [1.82, 2.24) is 4.72 Å². The van der Waals surface area contributed by atoms with Crippen molar-refractivity contribution in [2.24, 2.45) is 0 Å². The zero-order chi connectivity index (χ0) is 23.6. The lowest BCUT2D eigenvalue weighted by atomic mass is 10.2. The number of anilines is 1. The molecule has 32 heavy (non-hydrogen) atoms. The molecule has 0 bridgehead atoms. The highest BCUT2D eigenvalue weighted by Crippen LogP contribution is 2.30. The summed E-state index contributed by atoms with van der Waals surface area (Å²) in [6.45, 7) is 1.27. The van der Waals surface area contributed by atoms with E-state index in [-0.39, 0.29) is 23.0 Å². The molecule has 0 atom stereocenters. The summed E-state index contributed by atoms with van der Waals surface area (Å²) in [6, 6.07) is 10.2. The summed E-state index contributed by atoms with van der Waals surface area (Å²) in [5.41, 5.74) is 0.843. The largest absolute Gasteiger partial charge is 0.490 e. The second-order valence-corrected chi connectivity index (χ2v) is 8.39. The number of ether oxygens (including phenoxy) is 2. The fourth-order valence-electron chi connectivity index (χ4n) is 2.65. The minimum absolute atomic E-state index is 0.0476. The maximum absolute atomic E-state index is 12.5. The van der Waals surface area contributed by atoms with Crippen LogP contribution < -0.4 is 19.5 Å². The molecule has 0 unspecified atom stereocenters. The summed E-state index contributed by atoms with van der Waals surface area (Å²) in [5, 5.41) is 2.60. The summed E-state index contributed by atoms with van der Waals surface area (Å²) in [4.78, 5) is 12.3. The van der Waals surface area contributed by atoms with Crippen LogP contribution in [0.4, 0.5) is 14.5 Å². The van der Waals surface area contributed by atoms with Crippen LogP contribution in [-0.2, 0) is 14.8 Å². The van der Waals surface area contributed by atoms with E-state index >= 15 is 0 Å². The smallest absolute Gasteiger partial charge is 0.387 e. The Morgan fingerprint density at radius 3 is 2.59 bits per heavy atom. The molecule has 0 spiro atoms. The van der Waals surface area contributed by atoms with Gasteiger partial charge in [0.05, 0.1) is 11.5 Å². The SMILES string of the molecule is CCCCNS(=O)(=O)c1cccc(NC(=O)/C=C/c2ccc(OC(F)F)c(OCC)c2)c1. The van der Waals surface area contributed by atoms with Gasteiger partial charge in [-0.3, -0.25) is 4.79 Å². The topological polar surface area (TPSA) is 93.7 Å². The Morgan fingerprint density at radius 1 is 1.12 bits per heavy atom. The van der Waals surface area contributed by atoms with Gasteiger partial charge < -0.3 is 14.8 Å². The molecule has 2 aromatic rings. The number of amides is 1. The van der Waals surface area contributed by atoms with E-state index in [1.807, 2.05) is 6.92 Å². The minimum Gasteiger partial charge on any atom is -0.490 e. The third-order valence-corrected chi connectivity index (χ3v) is 5.60. The molecule has 2 rings (SSSR count). The first-order chi connectivity index (χ1) is 15.2. The highest BCUT2D eigenvalue weighted by molar-refractivity contribution is 7.89. The van der Waals surface area contributed by atoms with E-state index < -0.39 is 22.5 Å². The Kier molecular flexibility index (Phi) is 9.61. The van der Waals surface area contributed by atoms with Gasteiger partial charge in [0, 0.05) is 18.3 Å². The third-order valence-electron chi connectivity index (χ3n) is 4.15. The molecule has 174 valence electrons. The van der Waals surface area contributed by atoms with Gasteiger partial charge in [-0.15, -0.1) is 0 Å². The van der Waals surface area contributed by atoms with Crippen molar-refractivity contribution in [1.29, 1.82) is 0 Å². The van der Waals surface area contributed by atoms with Crippen LogP contribution in [0.2, 0.25) is 0 Å². The molecule has 0 heterocycles. The maximum Gasteiger partial charge on any atom is 0.387 e. The highest BCUT2D eigenvalue weighted by atomic mass is 32.2. The molecule has 10 heteroatoms. The number of hydrogen-bond acceptors (Lipinski definition) is 5. The van der Waals surface area contributed by atoms with E-state index in [0.29, 0.717) is 17.8 Å². The lowest BCUT2D eigenvalue weighted by Crippen LogP contribution is -2.24. The van der Waals surface area contributed by atoms with Crippen LogP contribution in [0.15, 0.2) is 53.4 Å². The first kappa shape index (κ1) is 25.3. The van der Waals surface area contributed by atoms with Crippen LogP contribution in [0.25, 0.3) is 6.08 Å². The zero-order valence-corrected chi connectivity index (χ0v) is 18.6. The van der Waals surface area contributed by atoms with E-state index in [1.165, 1.54) is 48.6 Å². The number of hydrogen-bond donors (Lipinski definition) is 2. The zero-order valence-electron chi connectivity index (χ0n) is 17.8. The molecule has 0 saturated carbocycles. The molecular weight excluding hydrogens is 442 g/mol. The molecule has 0 aliphatic rings. The summed E-state index contributed by atoms with van der Waals surface area (Å²) < 4.78 is 61.9. The molecule has 0 aliphatic carbocycles. The maximum atomic E-state index is 12.5. The average Bonchev–Trinajstić information content (AvgIpc) is 2.74. The fraction of sp³-hybridized carbons (Fsp3) is 0.318. The molecule has 0 fully saturated rings. The van der Waals surface area contributed by atoms with E-state index in [9.17, 15) is 22.0 Å². The Labute approximate surface area is 186 Å². The number of benzene rings is 2. The number of carbonyl (C=O) groups is 1. The summed E-state index contributed by atoms with van der Waals surface area (Å²) in [7, 11) is -3.67. The van der Waals surface area contributed by atoms with Crippen LogP contribution in [0.3, 0.4) is 0 Å². The molecule has 2 N–H and O–H groups in total. The Morgan fingerprint density at radius 2 is 1.91 bits per heavy atom. The number of unbranched alkanes of at least 4 members (excludes halogenated alkanes) is 1. The molecule has 2 aromatic carbocycles. The van der Waals surface area contributed by atoms with Gasteiger partial charge in [0.1, 0.15) is 0 Å². The van der Waals surface area contributed by atoms with E-state index in [0.717, 1.165) is 12.8 Å². The van der Waals surface area contributed by atoms with Crippen LogP contribution >= 0.6 is 0 Å². The fourth-order valence-corrected chi connectivity index (χ4v) is 3.77. The van der Waals surface area contributed by atoms with Crippen LogP contribution in [0, 0.1) is 0 Å². The minimum atomic E-state index is -3.67. The van der Waals surface area contributed by atoms with Crippen molar-refractivity contribution in [3.05, 3.63) is 54.1 Å². The van der Waals surface area contributed by atoms with E-state index in [1.54, 1.807) is 13.0 Å².